The van der Waals surface area contributed by atoms with Crippen molar-refractivity contribution in [1.29, 1.82) is 0 Å². The molecule has 0 aliphatic carbocycles. The van der Waals surface area contributed by atoms with E-state index in [2.05, 4.69) is 0 Å². The van der Waals surface area contributed by atoms with E-state index in [0.717, 1.165) is 18.2 Å². The van der Waals surface area contributed by atoms with Crippen molar-refractivity contribution in [2.45, 2.75) is 24.9 Å². The third kappa shape index (κ3) is 5.19. The summed E-state index contributed by atoms with van der Waals surface area (Å²) in [6.45, 7) is 0. The molecule has 0 heterocycles. The van der Waals surface area contributed by atoms with Gasteiger partial charge >= 0.3 is 0 Å². The first kappa shape index (κ1) is 28.1. The standard InChI is InChI=1S/C12H3Cl14O/c13-7(14,9(17,18)11(21,22)23)4-1-2-6(27)5(3-4)8(15,16)10(19,20)12(24,25)26/h1-3H. The van der Waals surface area contributed by atoms with Crippen LogP contribution < -0.4 is 0 Å². The van der Waals surface area contributed by atoms with Crippen LogP contribution in [0.25, 0.3) is 0 Å². The van der Waals surface area contributed by atoms with Gasteiger partial charge in [0.2, 0.25) is 16.3 Å². The van der Waals surface area contributed by atoms with Gasteiger partial charge in [-0.15, -0.1) is 0 Å². The summed E-state index contributed by atoms with van der Waals surface area (Å²) in [5.41, 5.74) is -0.602. The van der Waals surface area contributed by atoms with Crippen LogP contribution in [0.2, 0.25) is 0 Å². The van der Waals surface area contributed by atoms with E-state index in [4.69, 9.17) is 162 Å². The fourth-order valence-electron chi connectivity index (χ4n) is 1.68. The summed E-state index contributed by atoms with van der Waals surface area (Å²) in [4.78, 5) is 0. The van der Waals surface area contributed by atoms with Gasteiger partial charge in [-0.2, -0.15) is 0 Å². The quantitative estimate of drug-likeness (QED) is 0.287. The minimum absolute atomic E-state index is 0.143. The van der Waals surface area contributed by atoms with Crippen molar-refractivity contribution in [1.82, 2.24) is 0 Å². The minimum Gasteiger partial charge on any atom is -0.290 e. The molecule has 1 radical (unpaired) electrons. The molecular formula is C12H3Cl14O. The second-order valence-corrected chi connectivity index (χ2v) is 14.9. The monoisotopic (exact) mass is 653 g/mol. The summed E-state index contributed by atoms with van der Waals surface area (Å²) in [7, 11) is 0. The van der Waals surface area contributed by atoms with E-state index in [1.165, 1.54) is 0 Å². The molecule has 0 saturated carbocycles. The largest absolute Gasteiger partial charge is 0.290 e. The van der Waals surface area contributed by atoms with E-state index in [1.54, 1.807) is 0 Å². The predicted octanol–water partition coefficient (Wildman–Crippen LogP) is 10.2. The molecule has 0 atom stereocenters. The molecule has 0 bridgehead atoms. The maximum atomic E-state index is 12.3. The molecule has 0 unspecified atom stereocenters. The molecular weight excluding hydrogens is 656 g/mol. The van der Waals surface area contributed by atoms with E-state index in [9.17, 15) is 5.11 Å². The second-order valence-electron chi connectivity index (χ2n) is 5.00. The normalized spacial score (nSPS) is 15.2. The number of hydrogen-bond acceptors (Lipinski definition) is 0. The molecule has 15 heteroatoms. The summed E-state index contributed by atoms with van der Waals surface area (Å²) in [5, 5.41) is 12.3. The van der Waals surface area contributed by atoms with Crippen LogP contribution in [0.5, 0.6) is 5.75 Å². The van der Waals surface area contributed by atoms with Gasteiger partial charge < -0.3 is 0 Å². The molecule has 1 aromatic carbocycles. The van der Waals surface area contributed by atoms with Gasteiger partial charge in [0.1, 0.15) is 0 Å². The highest BCUT2D eigenvalue weighted by atomic mass is 35.6. The summed E-state index contributed by atoms with van der Waals surface area (Å²) < 4.78 is -14.4. The molecule has 0 spiro atoms. The van der Waals surface area contributed by atoms with E-state index in [0.29, 0.717) is 0 Å². The fraction of sp³-hybridized carbons (Fsp3) is 0.500. The molecule has 0 amide bonds. The predicted molar refractivity (Wildman–Crippen MR) is 123 cm³/mol. The van der Waals surface area contributed by atoms with Crippen LogP contribution in [-0.4, -0.2) is 16.3 Å². The van der Waals surface area contributed by atoms with Crippen LogP contribution in [-0.2, 0) is 13.8 Å². The summed E-state index contributed by atoms with van der Waals surface area (Å²) in [6.07, 6.45) is 0. The molecule has 155 valence electrons. The topological polar surface area (TPSA) is 19.9 Å². The Kier molecular flexibility index (Phi) is 9.15. The van der Waals surface area contributed by atoms with Crippen molar-refractivity contribution in [3.05, 3.63) is 29.3 Å². The van der Waals surface area contributed by atoms with E-state index < -0.39 is 36.2 Å². The average Bonchev–Trinajstić information content (AvgIpc) is 2.44. The van der Waals surface area contributed by atoms with Crippen LogP contribution in [0.3, 0.4) is 0 Å². The average molecular weight is 659 g/mol. The molecule has 1 rings (SSSR count). The number of benzene rings is 1. The Morgan fingerprint density at radius 2 is 0.926 bits per heavy atom. The first-order valence-electron chi connectivity index (χ1n) is 6.09. The Hall–Kier alpha value is 3.08. The summed E-state index contributed by atoms with van der Waals surface area (Å²) in [6, 6.07) is 3.10. The molecule has 27 heavy (non-hydrogen) atoms. The molecule has 0 N–H and O–H groups in total. The van der Waals surface area contributed by atoms with Crippen LogP contribution >= 0.6 is 162 Å². The van der Waals surface area contributed by atoms with E-state index in [1.807, 2.05) is 0 Å². The third-order valence-corrected chi connectivity index (χ3v) is 11.1. The zero-order valence-corrected chi connectivity index (χ0v) is 22.5. The lowest BCUT2D eigenvalue weighted by Crippen LogP contribution is -2.46. The third-order valence-electron chi connectivity index (χ3n) is 3.18. The number of halogens is 14. The van der Waals surface area contributed by atoms with Crippen LogP contribution in [0, 0.1) is 0 Å². The lowest BCUT2D eigenvalue weighted by Gasteiger charge is -2.40. The van der Waals surface area contributed by atoms with Gasteiger partial charge in [0.25, 0.3) is 0 Å². The first-order valence-corrected chi connectivity index (χ1v) is 11.4. The van der Waals surface area contributed by atoms with E-state index >= 15 is 0 Å². The number of alkyl halides is 14. The van der Waals surface area contributed by atoms with Crippen molar-refractivity contribution < 1.29 is 5.11 Å². The van der Waals surface area contributed by atoms with Crippen LogP contribution in [0.1, 0.15) is 11.1 Å². The SMILES string of the molecule is [O]c1ccc(C(Cl)(Cl)C(Cl)(Cl)C(Cl)(Cl)Cl)cc1C(Cl)(Cl)C(Cl)(Cl)C(Cl)(Cl)Cl. The molecule has 0 aliphatic rings. The maximum Gasteiger partial charge on any atom is 0.226 e. The van der Waals surface area contributed by atoms with Gasteiger partial charge in [0, 0.05) is 5.56 Å². The highest BCUT2D eigenvalue weighted by molar-refractivity contribution is 6.79. The molecule has 1 nitrogen and oxygen atoms in total. The number of rotatable bonds is 4. The van der Waals surface area contributed by atoms with Gasteiger partial charge in [0.15, 0.2) is 14.4 Å². The van der Waals surface area contributed by atoms with Gasteiger partial charge in [-0.05, 0) is 17.7 Å². The van der Waals surface area contributed by atoms with Crippen molar-refractivity contribution in [3.8, 4) is 5.75 Å². The van der Waals surface area contributed by atoms with Gasteiger partial charge in [-0.25, -0.2) is 0 Å². The first-order chi connectivity index (χ1) is 11.6. The zero-order valence-electron chi connectivity index (χ0n) is 11.9. The van der Waals surface area contributed by atoms with Gasteiger partial charge in [0.05, 0.1) is 0 Å². The molecule has 0 aliphatic heterocycles. The van der Waals surface area contributed by atoms with Crippen LogP contribution in [0.4, 0.5) is 0 Å². The van der Waals surface area contributed by atoms with E-state index in [-0.39, 0.29) is 5.56 Å². The minimum atomic E-state index is -2.50. The highest BCUT2D eigenvalue weighted by Gasteiger charge is 2.63. The summed E-state index contributed by atoms with van der Waals surface area (Å²) >= 11 is 83.4. The van der Waals surface area contributed by atoms with Crippen LogP contribution in [0.15, 0.2) is 18.2 Å². The Bertz CT molecular complexity index is 699. The lowest BCUT2D eigenvalue weighted by molar-refractivity contribution is 0.346. The smallest absolute Gasteiger partial charge is 0.226 e. The Labute approximate surface area is 225 Å². The fourth-order valence-corrected chi connectivity index (χ4v) is 4.63. The Morgan fingerprint density at radius 3 is 1.30 bits per heavy atom. The van der Waals surface area contributed by atoms with Crippen molar-refractivity contribution >= 4 is 162 Å². The van der Waals surface area contributed by atoms with Crippen molar-refractivity contribution in [3.63, 3.8) is 0 Å². The lowest BCUT2D eigenvalue weighted by atomic mass is 10.0. The number of hydrogen-bond donors (Lipinski definition) is 0. The van der Waals surface area contributed by atoms with Crippen molar-refractivity contribution in [2.24, 2.45) is 0 Å². The molecule has 0 saturated heterocycles. The zero-order chi connectivity index (χ0) is 21.9. The molecule has 1 aromatic rings. The summed E-state index contributed by atoms with van der Waals surface area (Å²) in [5.74, 6) is -0.753. The Morgan fingerprint density at radius 1 is 0.556 bits per heavy atom. The molecule has 0 aromatic heterocycles. The highest BCUT2D eigenvalue weighted by Crippen LogP contribution is 2.64. The van der Waals surface area contributed by atoms with Crippen molar-refractivity contribution in [2.75, 3.05) is 0 Å². The molecule has 0 fully saturated rings. The van der Waals surface area contributed by atoms with Gasteiger partial charge in [-0.1, -0.05) is 168 Å². The van der Waals surface area contributed by atoms with Gasteiger partial charge in [-0.3, -0.25) is 5.11 Å². The Balaban J connectivity index is 3.67. The second kappa shape index (κ2) is 8.79. The maximum absolute atomic E-state index is 12.3.